The van der Waals surface area contributed by atoms with E-state index >= 15 is 0 Å². The van der Waals surface area contributed by atoms with E-state index in [1.165, 1.54) is 0 Å². The van der Waals surface area contributed by atoms with Crippen molar-refractivity contribution in [2.45, 2.75) is 51.0 Å². The summed E-state index contributed by atoms with van der Waals surface area (Å²) >= 11 is 0. The van der Waals surface area contributed by atoms with Gasteiger partial charge in [0.15, 0.2) is 0 Å². The lowest BCUT2D eigenvalue weighted by Crippen LogP contribution is -2.33. The Balaban J connectivity index is 4.59. The Morgan fingerprint density at radius 2 is 1.64 bits per heavy atom. The van der Waals surface area contributed by atoms with E-state index in [0.717, 1.165) is 6.42 Å². The van der Waals surface area contributed by atoms with Crippen LogP contribution in [0.25, 0.3) is 0 Å². The van der Waals surface area contributed by atoms with Crippen LogP contribution in [0.5, 0.6) is 0 Å². The van der Waals surface area contributed by atoms with Crippen molar-refractivity contribution < 1.29 is 38.6 Å². The Labute approximate surface area is 129 Å². The van der Waals surface area contributed by atoms with Crippen LogP contribution in [0.1, 0.15) is 46.0 Å². The first kappa shape index (κ1) is 21.7. The molecule has 1 unspecified atom stereocenters. The molecule has 0 spiro atoms. The highest BCUT2D eigenvalue weighted by atomic mass is 31.2. The Morgan fingerprint density at radius 3 is 2.00 bits per heavy atom. The molecule has 6 N–H and O–H groups in total. The topological polar surface area (TPSA) is 164 Å². The minimum atomic E-state index is -5.43. The minimum Gasteiger partial charge on any atom is -0.368 e. The van der Waals surface area contributed by atoms with Crippen LogP contribution < -0.4 is 5.32 Å². The lowest BCUT2D eigenvalue weighted by molar-refractivity contribution is -0.125. The largest absolute Gasteiger partial charge is 0.369 e. The highest BCUT2D eigenvalue weighted by molar-refractivity contribution is 7.72. The Bertz CT molecular complexity index is 435. The van der Waals surface area contributed by atoms with E-state index in [1.807, 2.05) is 13.8 Å². The zero-order valence-electron chi connectivity index (χ0n) is 12.7. The summed E-state index contributed by atoms with van der Waals surface area (Å²) in [5, 5.41) is 8.77. The molecule has 1 atom stereocenters. The van der Waals surface area contributed by atoms with Gasteiger partial charge in [-0.25, -0.2) is 0 Å². The fourth-order valence-electron chi connectivity index (χ4n) is 2.01. The molecule has 0 aromatic rings. The van der Waals surface area contributed by atoms with E-state index in [0.29, 0.717) is 12.8 Å². The minimum absolute atomic E-state index is 0.0403. The number of hydrogen-bond acceptors (Lipinski definition) is 4. The van der Waals surface area contributed by atoms with Crippen molar-refractivity contribution in [3.8, 4) is 0 Å². The molecule has 9 nitrogen and oxygen atoms in total. The van der Waals surface area contributed by atoms with E-state index in [-0.39, 0.29) is 24.8 Å². The van der Waals surface area contributed by atoms with Gasteiger partial charge >= 0.3 is 15.2 Å². The van der Waals surface area contributed by atoms with Crippen LogP contribution in [0.3, 0.4) is 0 Å². The van der Waals surface area contributed by atoms with Gasteiger partial charge in [-0.3, -0.25) is 13.9 Å². The molecule has 0 rings (SSSR count). The smallest absolute Gasteiger partial charge is 0.368 e. The van der Waals surface area contributed by atoms with Crippen LogP contribution in [-0.4, -0.2) is 42.2 Å². The molecule has 22 heavy (non-hydrogen) atoms. The summed E-state index contributed by atoms with van der Waals surface area (Å²) in [6.45, 7) is 3.76. The van der Waals surface area contributed by atoms with E-state index in [4.69, 9.17) is 19.6 Å². The highest BCUT2D eigenvalue weighted by Crippen LogP contribution is 2.69. The predicted octanol–water partition coefficient (Wildman–Crippen LogP) is 0.711. The Hall–Kier alpha value is -0.270. The standard InChI is InChI=1S/C11H25NO8P2/c1-3-6-9(4-2)10(13)12-8-5-7-11(14,21(15,16)17)22(18,19)20/h9,14H,3-8H2,1-2H3,(H,12,13)(H2,15,16,17)(H2,18,19,20). The van der Waals surface area contributed by atoms with E-state index in [1.54, 1.807) is 0 Å². The van der Waals surface area contributed by atoms with Crippen LogP contribution in [0, 0.1) is 5.92 Å². The van der Waals surface area contributed by atoms with Gasteiger partial charge in [0.1, 0.15) is 0 Å². The van der Waals surface area contributed by atoms with Gasteiger partial charge in [-0.2, -0.15) is 0 Å². The van der Waals surface area contributed by atoms with Gasteiger partial charge in [-0.1, -0.05) is 20.3 Å². The van der Waals surface area contributed by atoms with Crippen molar-refractivity contribution in [3.63, 3.8) is 0 Å². The van der Waals surface area contributed by atoms with Crippen LogP contribution in [0.15, 0.2) is 0 Å². The van der Waals surface area contributed by atoms with Crippen molar-refractivity contribution in [1.82, 2.24) is 5.32 Å². The number of rotatable bonds is 10. The first-order chi connectivity index (χ1) is 9.90. The predicted molar refractivity (Wildman–Crippen MR) is 80.0 cm³/mol. The highest BCUT2D eigenvalue weighted by Gasteiger charge is 2.58. The molecule has 0 aliphatic carbocycles. The molecule has 0 saturated heterocycles. The zero-order valence-corrected chi connectivity index (χ0v) is 14.5. The van der Waals surface area contributed by atoms with E-state index < -0.39 is 26.7 Å². The van der Waals surface area contributed by atoms with Gasteiger partial charge in [0, 0.05) is 18.9 Å². The maximum absolute atomic E-state index is 11.8. The summed E-state index contributed by atoms with van der Waals surface area (Å²) in [5.74, 6) is -0.396. The SMILES string of the molecule is CCCC(CC)C(=O)NCCCC(O)(P(=O)(O)O)P(=O)(O)O. The van der Waals surface area contributed by atoms with Crippen molar-refractivity contribution >= 4 is 21.1 Å². The van der Waals surface area contributed by atoms with Crippen molar-refractivity contribution in [3.05, 3.63) is 0 Å². The van der Waals surface area contributed by atoms with E-state index in [2.05, 4.69) is 5.32 Å². The first-order valence-electron chi connectivity index (χ1n) is 7.02. The molecule has 0 aliphatic heterocycles. The summed E-state index contributed by atoms with van der Waals surface area (Å²) in [6, 6.07) is 0. The van der Waals surface area contributed by atoms with Crippen molar-refractivity contribution in [2.75, 3.05) is 6.54 Å². The number of aliphatic hydroxyl groups is 1. The van der Waals surface area contributed by atoms with E-state index in [9.17, 15) is 19.0 Å². The summed E-state index contributed by atoms with van der Waals surface area (Å²) in [5.41, 5.74) is 0. The summed E-state index contributed by atoms with van der Waals surface area (Å²) < 4.78 is 22.3. The lowest BCUT2D eigenvalue weighted by atomic mass is 10.00. The van der Waals surface area contributed by atoms with Gasteiger partial charge in [0.2, 0.25) is 5.91 Å². The molecule has 0 bridgehead atoms. The van der Waals surface area contributed by atoms with Crippen LogP contribution in [0.4, 0.5) is 0 Å². The lowest BCUT2D eigenvalue weighted by Gasteiger charge is -2.29. The molecule has 0 radical (unpaired) electrons. The molecule has 0 fully saturated rings. The average Bonchev–Trinajstić information content (AvgIpc) is 2.37. The summed E-state index contributed by atoms with van der Waals surface area (Å²) in [7, 11) is -10.9. The number of hydrogen-bond donors (Lipinski definition) is 6. The molecular weight excluding hydrogens is 336 g/mol. The van der Waals surface area contributed by atoms with Gasteiger partial charge < -0.3 is 30.0 Å². The fourth-order valence-corrected chi connectivity index (χ4v) is 4.27. The number of carbonyl (C=O) groups is 1. The number of amides is 1. The quantitative estimate of drug-likeness (QED) is 0.245. The van der Waals surface area contributed by atoms with Crippen molar-refractivity contribution in [1.29, 1.82) is 0 Å². The molecule has 0 heterocycles. The third-order valence-corrected chi connectivity index (χ3v) is 7.30. The monoisotopic (exact) mass is 361 g/mol. The van der Waals surface area contributed by atoms with Gasteiger partial charge in [0.25, 0.3) is 5.08 Å². The second-order valence-electron chi connectivity index (χ2n) is 5.15. The number of nitrogens with one attached hydrogen (secondary N) is 1. The van der Waals surface area contributed by atoms with Gasteiger partial charge in [-0.05, 0) is 19.3 Å². The van der Waals surface area contributed by atoms with Crippen LogP contribution >= 0.6 is 15.2 Å². The normalized spacial score (nSPS) is 14.7. The molecule has 0 aliphatic rings. The third kappa shape index (κ3) is 5.74. The zero-order chi connectivity index (χ0) is 17.6. The maximum atomic E-state index is 11.8. The molecule has 1 amide bonds. The second kappa shape index (κ2) is 8.55. The Morgan fingerprint density at radius 1 is 1.14 bits per heavy atom. The molecular formula is C11H25NO8P2. The molecule has 0 aromatic heterocycles. The first-order valence-corrected chi connectivity index (χ1v) is 10.2. The number of carbonyl (C=O) groups excluding carboxylic acids is 1. The van der Waals surface area contributed by atoms with Crippen LogP contribution in [0.2, 0.25) is 0 Å². The summed E-state index contributed by atoms with van der Waals surface area (Å²) in [4.78, 5) is 47.6. The molecule has 11 heteroatoms. The molecule has 0 saturated carbocycles. The van der Waals surface area contributed by atoms with Gasteiger partial charge in [0.05, 0.1) is 0 Å². The molecule has 132 valence electrons. The average molecular weight is 361 g/mol. The second-order valence-corrected chi connectivity index (χ2v) is 9.16. The molecule has 0 aromatic carbocycles. The third-order valence-electron chi connectivity index (χ3n) is 3.42. The van der Waals surface area contributed by atoms with Crippen LogP contribution in [-0.2, 0) is 13.9 Å². The summed E-state index contributed by atoms with van der Waals surface area (Å²) in [6.07, 6.45) is 1.18. The Kier molecular flexibility index (Phi) is 8.44. The van der Waals surface area contributed by atoms with Gasteiger partial charge in [-0.15, -0.1) is 0 Å². The maximum Gasteiger partial charge on any atom is 0.369 e. The fraction of sp³-hybridized carbons (Fsp3) is 0.909. The van der Waals surface area contributed by atoms with Crippen molar-refractivity contribution in [2.24, 2.45) is 5.92 Å².